The van der Waals surface area contributed by atoms with Gasteiger partial charge in [-0.15, -0.1) is 6.58 Å². The SMILES string of the molecule is C=C[C@@H]1[C@H](O)C(C)(C)[C@H]1OCc1ccccc1. The summed E-state index contributed by atoms with van der Waals surface area (Å²) in [5.74, 6) is 0.0497. The topological polar surface area (TPSA) is 29.5 Å². The molecule has 1 aliphatic carbocycles. The van der Waals surface area contributed by atoms with Gasteiger partial charge in [0.05, 0.1) is 18.8 Å². The predicted molar refractivity (Wildman–Crippen MR) is 68.5 cm³/mol. The molecule has 1 aliphatic rings. The fourth-order valence-electron chi connectivity index (χ4n) is 2.55. The van der Waals surface area contributed by atoms with Crippen molar-refractivity contribution in [1.29, 1.82) is 0 Å². The number of ether oxygens (including phenoxy) is 1. The Balaban J connectivity index is 1.97. The quantitative estimate of drug-likeness (QED) is 0.809. The van der Waals surface area contributed by atoms with Crippen molar-refractivity contribution in [2.45, 2.75) is 32.7 Å². The van der Waals surface area contributed by atoms with Gasteiger partial charge in [-0.25, -0.2) is 0 Å². The molecule has 0 amide bonds. The zero-order chi connectivity index (χ0) is 12.5. The minimum absolute atomic E-state index is 0.0497. The monoisotopic (exact) mass is 232 g/mol. The van der Waals surface area contributed by atoms with E-state index in [1.807, 2.05) is 44.2 Å². The molecule has 0 bridgehead atoms. The number of aliphatic hydroxyl groups is 1. The number of rotatable bonds is 4. The van der Waals surface area contributed by atoms with E-state index in [4.69, 9.17) is 4.74 Å². The predicted octanol–water partition coefficient (Wildman–Crippen LogP) is 2.77. The van der Waals surface area contributed by atoms with Crippen LogP contribution in [0.25, 0.3) is 0 Å². The zero-order valence-electron chi connectivity index (χ0n) is 10.5. The van der Waals surface area contributed by atoms with Gasteiger partial charge in [0.25, 0.3) is 0 Å². The van der Waals surface area contributed by atoms with E-state index in [9.17, 15) is 5.11 Å². The van der Waals surface area contributed by atoms with Crippen LogP contribution in [0.3, 0.4) is 0 Å². The molecule has 2 heteroatoms. The Labute approximate surface area is 103 Å². The molecule has 17 heavy (non-hydrogen) atoms. The van der Waals surface area contributed by atoms with Gasteiger partial charge in [-0.1, -0.05) is 50.3 Å². The number of hydrogen-bond donors (Lipinski definition) is 1. The first-order valence-corrected chi connectivity index (χ1v) is 6.03. The third-order valence-electron chi connectivity index (χ3n) is 3.75. The Morgan fingerprint density at radius 1 is 1.35 bits per heavy atom. The lowest BCUT2D eigenvalue weighted by Gasteiger charge is -2.54. The summed E-state index contributed by atoms with van der Waals surface area (Å²) < 4.78 is 5.92. The Hall–Kier alpha value is -1.12. The van der Waals surface area contributed by atoms with E-state index < -0.39 is 0 Å². The zero-order valence-corrected chi connectivity index (χ0v) is 10.5. The Morgan fingerprint density at radius 3 is 2.59 bits per heavy atom. The molecule has 0 aromatic heterocycles. The van der Waals surface area contributed by atoms with Crippen molar-refractivity contribution in [3.05, 3.63) is 48.6 Å². The first-order chi connectivity index (χ1) is 8.07. The molecule has 0 spiro atoms. The molecular formula is C15H20O2. The number of benzene rings is 1. The lowest BCUT2D eigenvalue weighted by Crippen LogP contribution is -2.61. The highest BCUT2D eigenvalue weighted by Crippen LogP contribution is 2.48. The molecule has 0 aliphatic heterocycles. The molecule has 0 saturated heterocycles. The maximum absolute atomic E-state index is 9.95. The van der Waals surface area contributed by atoms with Crippen molar-refractivity contribution in [2.24, 2.45) is 11.3 Å². The second-order valence-corrected chi connectivity index (χ2v) is 5.30. The summed E-state index contributed by atoms with van der Waals surface area (Å²) in [6.45, 7) is 8.42. The summed E-state index contributed by atoms with van der Waals surface area (Å²) in [7, 11) is 0. The van der Waals surface area contributed by atoms with E-state index in [1.165, 1.54) is 0 Å². The molecule has 92 valence electrons. The van der Waals surface area contributed by atoms with Crippen LogP contribution in [0.4, 0.5) is 0 Å². The molecule has 1 saturated carbocycles. The van der Waals surface area contributed by atoms with Crippen molar-refractivity contribution in [3.63, 3.8) is 0 Å². The van der Waals surface area contributed by atoms with E-state index in [0.717, 1.165) is 5.56 Å². The van der Waals surface area contributed by atoms with Gasteiger partial charge < -0.3 is 9.84 Å². The minimum Gasteiger partial charge on any atom is -0.392 e. The highest BCUT2D eigenvalue weighted by atomic mass is 16.5. The Morgan fingerprint density at radius 2 is 2.00 bits per heavy atom. The van der Waals surface area contributed by atoms with Gasteiger partial charge >= 0.3 is 0 Å². The van der Waals surface area contributed by atoms with Crippen LogP contribution in [0.5, 0.6) is 0 Å². The second-order valence-electron chi connectivity index (χ2n) is 5.30. The lowest BCUT2D eigenvalue weighted by atomic mass is 9.59. The van der Waals surface area contributed by atoms with Gasteiger partial charge in [0.2, 0.25) is 0 Å². The molecular weight excluding hydrogens is 212 g/mol. The fourth-order valence-corrected chi connectivity index (χ4v) is 2.55. The van der Waals surface area contributed by atoms with Gasteiger partial charge in [-0.3, -0.25) is 0 Å². The number of aliphatic hydroxyl groups excluding tert-OH is 1. The summed E-state index contributed by atoms with van der Waals surface area (Å²) in [6.07, 6.45) is 1.50. The lowest BCUT2D eigenvalue weighted by molar-refractivity contribution is -0.212. The molecule has 1 fully saturated rings. The van der Waals surface area contributed by atoms with Crippen molar-refractivity contribution >= 4 is 0 Å². The molecule has 1 aromatic carbocycles. The molecule has 1 aromatic rings. The molecule has 1 N–H and O–H groups in total. The molecule has 2 nitrogen and oxygen atoms in total. The maximum Gasteiger partial charge on any atom is 0.0742 e. The molecule has 3 atom stereocenters. The molecule has 0 radical (unpaired) electrons. The average Bonchev–Trinajstić information content (AvgIpc) is 2.34. The molecule has 0 unspecified atom stereocenters. The first kappa shape index (κ1) is 12.3. The van der Waals surface area contributed by atoms with Gasteiger partial charge in [0, 0.05) is 11.3 Å². The van der Waals surface area contributed by atoms with Gasteiger partial charge in [-0.2, -0.15) is 0 Å². The van der Waals surface area contributed by atoms with Crippen LogP contribution in [-0.2, 0) is 11.3 Å². The van der Waals surface area contributed by atoms with Crippen molar-refractivity contribution in [2.75, 3.05) is 0 Å². The Kier molecular flexibility index (Phi) is 3.36. The van der Waals surface area contributed by atoms with Crippen molar-refractivity contribution in [3.8, 4) is 0 Å². The van der Waals surface area contributed by atoms with Crippen LogP contribution in [-0.4, -0.2) is 17.3 Å². The first-order valence-electron chi connectivity index (χ1n) is 6.03. The summed E-state index contributed by atoms with van der Waals surface area (Å²) in [5.41, 5.74) is 0.973. The van der Waals surface area contributed by atoms with E-state index in [-0.39, 0.29) is 23.5 Å². The number of hydrogen-bond acceptors (Lipinski definition) is 2. The third-order valence-corrected chi connectivity index (χ3v) is 3.75. The highest BCUT2D eigenvalue weighted by Gasteiger charge is 2.55. The Bertz CT molecular complexity index is 383. The van der Waals surface area contributed by atoms with Crippen LogP contribution in [0, 0.1) is 11.3 Å². The van der Waals surface area contributed by atoms with Crippen molar-refractivity contribution in [1.82, 2.24) is 0 Å². The average molecular weight is 232 g/mol. The van der Waals surface area contributed by atoms with Crippen LogP contribution >= 0.6 is 0 Å². The third kappa shape index (κ3) is 2.15. The fraction of sp³-hybridized carbons (Fsp3) is 0.467. The van der Waals surface area contributed by atoms with E-state index in [2.05, 4.69) is 6.58 Å². The smallest absolute Gasteiger partial charge is 0.0742 e. The molecule has 2 rings (SSSR count). The maximum atomic E-state index is 9.95. The van der Waals surface area contributed by atoms with E-state index >= 15 is 0 Å². The second kappa shape index (κ2) is 4.63. The summed E-state index contributed by atoms with van der Waals surface area (Å²) in [5, 5.41) is 9.95. The standard InChI is InChI=1S/C15H20O2/c1-4-12-13(16)15(2,3)14(12)17-10-11-8-6-5-7-9-11/h4-9,12-14,16H,1,10H2,2-3H3/t12-,13+,14+/m1/s1. The van der Waals surface area contributed by atoms with Crippen LogP contribution in [0.2, 0.25) is 0 Å². The normalized spacial score (nSPS) is 30.6. The summed E-state index contributed by atoms with van der Waals surface area (Å²) >= 11 is 0. The van der Waals surface area contributed by atoms with Crippen LogP contribution < -0.4 is 0 Å². The summed E-state index contributed by atoms with van der Waals surface area (Å²) in [6, 6.07) is 10.1. The van der Waals surface area contributed by atoms with Gasteiger partial charge in [0.15, 0.2) is 0 Å². The minimum atomic E-state index is -0.347. The van der Waals surface area contributed by atoms with E-state index in [0.29, 0.717) is 6.61 Å². The highest BCUT2D eigenvalue weighted by molar-refractivity contribution is 5.15. The van der Waals surface area contributed by atoms with Crippen LogP contribution in [0.15, 0.2) is 43.0 Å². The largest absolute Gasteiger partial charge is 0.392 e. The summed E-state index contributed by atoms with van der Waals surface area (Å²) in [4.78, 5) is 0. The molecule has 0 heterocycles. The van der Waals surface area contributed by atoms with Gasteiger partial charge in [0.1, 0.15) is 0 Å². The van der Waals surface area contributed by atoms with Crippen LogP contribution in [0.1, 0.15) is 19.4 Å². The van der Waals surface area contributed by atoms with Gasteiger partial charge in [-0.05, 0) is 5.56 Å². The van der Waals surface area contributed by atoms with E-state index in [1.54, 1.807) is 6.08 Å². The van der Waals surface area contributed by atoms with Crippen molar-refractivity contribution < 1.29 is 9.84 Å².